The average molecular weight is 670 g/mol. The Labute approximate surface area is 255 Å². The van der Waals surface area contributed by atoms with Gasteiger partial charge < -0.3 is 10.8 Å². The van der Waals surface area contributed by atoms with Crippen molar-refractivity contribution in [3.8, 4) is 11.1 Å². The maximum absolute atomic E-state index is 14.9. The lowest BCUT2D eigenvalue weighted by molar-refractivity contribution is -0.192. The normalized spacial score (nSPS) is 12.9. The van der Waals surface area contributed by atoms with Crippen LogP contribution in [0.2, 0.25) is 0 Å². The highest BCUT2D eigenvalue weighted by atomic mass is 32.3. The Kier molecular flexibility index (Phi) is 10.5. The zero-order valence-electron chi connectivity index (χ0n) is 22.9. The molecule has 0 aliphatic carbocycles. The van der Waals surface area contributed by atoms with Crippen molar-refractivity contribution in [3.05, 3.63) is 94.9 Å². The number of amidine groups is 1. The SMILES string of the molecule is CSc1sc(C(=N)N)cc1S(=O)(=NS(=O)(=O)c1ccc(C)cc1)c1cccc(-c2ccccc2C)c1.O=C(O)C(F)(F)F. The summed E-state index contributed by atoms with van der Waals surface area (Å²) in [4.78, 5) is 9.76. The van der Waals surface area contributed by atoms with E-state index in [-0.39, 0.29) is 20.5 Å². The molecule has 8 nitrogen and oxygen atoms in total. The number of thioether (sulfide) groups is 1. The van der Waals surface area contributed by atoms with E-state index in [1.165, 1.54) is 41.3 Å². The van der Waals surface area contributed by atoms with Gasteiger partial charge in [-0.05, 0) is 67.1 Å². The lowest BCUT2D eigenvalue weighted by Gasteiger charge is -2.14. The predicted octanol–water partition coefficient (Wildman–Crippen LogP) is 6.95. The molecule has 1 heterocycles. The van der Waals surface area contributed by atoms with E-state index in [0.717, 1.165) is 22.3 Å². The van der Waals surface area contributed by atoms with E-state index < -0.39 is 31.9 Å². The second-order valence-electron chi connectivity index (χ2n) is 8.91. The lowest BCUT2D eigenvalue weighted by Crippen LogP contribution is -2.21. The molecule has 0 spiro atoms. The van der Waals surface area contributed by atoms with Gasteiger partial charge in [0.05, 0.1) is 23.8 Å². The summed E-state index contributed by atoms with van der Waals surface area (Å²) < 4.78 is 78.2. The molecule has 228 valence electrons. The van der Waals surface area contributed by atoms with Crippen molar-refractivity contribution in [3.63, 3.8) is 0 Å². The minimum Gasteiger partial charge on any atom is -0.475 e. The van der Waals surface area contributed by atoms with Crippen molar-refractivity contribution in [2.45, 2.75) is 38.9 Å². The number of nitrogens with one attached hydrogen (secondary N) is 1. The van der Waals surface area contributed by atoms with E-state index >= 15 is 0 Å². The number of nitrogens with zero attached hydrogens (tertiary/aromatic N) is 1. The minimum atomic E-state index is -5.08. The van der Waals surface area contributed by atoms with Gasteiger partial charge in [0.2, 0.25) is 0 Å². The topological polar surface area (TPSA) is 151 Å². The van der Waals surface area contributed by atoms with Gasteiger partial charge in [0.25, 0.3) is 10.0 Å². The molecule has 1 atom stereocenters. The highest BCUT2D eigenvalue weighted by Crippen LogP contribution is 2.40. The summed E-state index contributed by atoms with van der Waals surface area (Å²) in [5, 5.41) is 15.0. The number of alkyl halides is 3. The van der Waals surface area contributed by atoms with Gasteiger partial charge >= 0.3 is 12.1 Å². The summed E-state index contributed by atoms with van der Waals surface area (Å²) in [5.74, 6) is -2.94. The van der Waals surface area contributed by atoms with Gasteiger partial charge in [-0.1, -0.05) is 57.9 Å². The maximum Gasteiger partial charge on any atom is 0.490 e. The van der Waals surface area contributed by atoms with E-state index in [1.807, 2.05) is 44.2 Å². The molecule has 0 fully saturated rings. The molecular weight excluding hydrogens is 644 g/mol. The minimum absolute atomic E-state index is 0.0383. The number of nitrogen functional groups attached to an aromatic ring is 1. The van der Waals surface area contributed by atoms with Gasteiger partial charge in [-0.25, -0.2) is 9.00 Å². The van der Waals surface area contributed by atoms with Crippen LogP contribution in [0.4, 0.5) is 13.2 Å². The summed E-state index contributed by atoms with van der Waals surface area (Å²) in [6, 6.07) is 22.6. The van der Waals surface area contributed by atoms with Crippen LogP contribution in [-0.2, 0) is 24.5 Å². The smallest absolute Gasteiger partial charge is 0.475 e. The summed E-state index contributed by atoms with van der Waals surface area (Å²) in [6.45, 7) is 3.84. The number of sulfonamides is 1. The number of carbonyl (C=O) groups is 1. The molecule has 0 bridgehead atoms. The molecule has 43 heavy (non-hydrogen) atoms. The van der Waals surface area contributed by atoms with Crippen LogP contribution in [0.5, 0.6) is 0 Å². The zero-order valence-corrected chi connectivity index (χ0v) is 26.1. The van der Waals surface area contributed by atoms with Gasteiger partial charge in [-0.2, -0.15) is 21.6 Å². The van der Waals surface area contributed by atoms with Crippen molar-refractivity contribution in [1.29, 1.82) is 5.41 Å². The molecule has 3 aromatic carbocycles. The molecule has 0 radical (unpaired) electrons. The Morgan fingerprint density at radius 2 is 1.56 bits per heavy atom. The monoisotopic (exact) mass is 669 g/mol. The molecule has 15 heteroatoms. The first kappa shape index (κ1) is 33.8. The Morgan fingerprint density at radius 1 is 0.953 bits per heavy atom. The molecule has 4 N–H and O–H groups in total. The van der Waals surface area contributed by atoms with Crippen LogP contribution in [0.25, 0.3) is 11.1 Å². The standard InChI is InChI=1S/C26H25N3O3S4.C2HF3O2/c1-17-11-13-20(14-12-17)36(31,32)29-35(30,24-16-23(25(27)28)34-26(24)33-3)21-9-6-8-19(15-21)22-10-5-4-7-18(22)2;3-2(4,5)1(6)7/h4-16H,1-3H3,(H3,27,28);(H,6,7). The first-order chi connectivity index (χ1) is 20.0. The fourth-order valence-electron chi connectivity index (χ4n) is 3.66. The third kappa shape index (κ3) is 8.04. The fourth-order valence-corrected chi connectivity index (χ4v) is 10.2. The van der Waals surface area contributed by atoms with Crippen molar-refractivity contribution in [2.75, 3.05) is 6.26 Å². The summed E-state index contributed by atoms with van der Waals surface area (Å²) >= 11 is 2.51. The van der Waals surface area contributed by atoms with Crippen molar-refractivity contribution < 1.29 is 35.7 Å². The second-order valence-corrected chi connectivity index (χ2v) is 15.0. The highest BCUT2D eigenvalue weighted by molar-refractivity contribution is 8.05. The van der Waals surface area contributed by atoms with Crippen LogP contribution in [0.15, 0.2) is 102 Å². The highest BCUT2D eigenvalue weighted by Gasteiger charge is 2.38. The van der Waals surface area contributed by atoms with Crippen LogP contribution in [-0.4, -0.2) is 42.0 Å². The number of rotatable bonds is 7. The van der Waals surface area contributed by atoms with Crippen molar-refractivity contribution in [1.82, 2.24) is 0 Å². The fraction of sp³-hybridized carbons (Fsp3) is 0.143. The predicted molar refractivity (Wildman–Crippen MR) is 163 cm³/mol. The molecule has 4 rings (SSSR count). The largest absolute Gasteiger partial charge is 0.490 e. The average Bonchev–Trinajstić information content (AvgIpc) is 3.39. The molecule has 0 amide bonds. The number of nitrogens with two attached hydrogens (primary N) is 1. The van der Waals surface area contributed by atoms with Crippen LogP contribution < -0.4 is 5.73 Å². The molecule has 0 saturated heterocycles. The number of aryl methyl sites for hydroxylation is 2. The Morgan fingerprint density at radius 3 is 2.09 bits per heavy atom. The third-order valence-electron chi connectivity index (χ3n) is 5.79. The zero-order chi connectivity index (χ0) is 32.2. The Bertz CT molecular complexity index is 1900. The third-order valence-corrected chi connectivity index (χ3v) is 12.7. The molecular formula is C28H26F3N3O5S4. The first-order valence-corrected chi connectivity index (χ1v) is 17.1. The quantitative estimate of drug-likeness (QED) is 0.110. The van der Waals surface area contributed by atoms with Gasteiger partial charge in [0.1, 0.15) is 15.6 Å². The van der Waals surface area contributed by atoms with E-state index in [4.69, 9.17) is 21.0 Å². The number of hydrogen-bond donors (Lipinski definition) is 3. The summed E-state index contributed by atoms with van der Waals surface area (Å²) in [7, 11) is -7.98. The van der Waals surface area contributed by atoms with Crippen LogP contribution in [0.3, 0.4) is 0 Å². The molecule has 0 saturated carbocycles. The van der Waals surface area contributed by atoms with E-state index in [1.54, 1.807) is 36.6 Å². The van der Waals surface area contributed by atoms with Gasteiger partial charge in [0.15, 0.2) is 0 Å². The lowest BCUT2D eigenvalue weighted by atomic mass is 10.0. The van der Waals surface area contributed by atoms with E-state index in [9.17, 15) is 25.8 Å². The summed E-state index contributed by atoms with van der Waals surface area (Å²) in [6.07, 6.45) is -3.28. The number of hydrogen-bond acceptors (Lipinski definition) is 7. The number of benzene rings is 3. The number of carboxylic acid groups (broad SMARTS) is 1. The van der Waals surface area contributed by atoms with Crippen LogP contribution in [0.1, 0.15) is 16.0 Å². The van der Waals surface area contributed by atoms with E-state index in [2.05, 4.69) is 3.77 Å². The molecule has 4 aromatic rings. The number of thiophene rings is 1. The molecule has 1 unspecified atom stereocenters. The van der Waals surface area contributed by atoms with Crippen molar-refractivity contribution in [2.24, 2.45) is 9.50 Å². The van der Waals surface area contributed by atoms with Crippen LogP contribution >= 0.6 is 23.1 Å². The van der Waals surface area contributed by atoms with E-state index in [0.29, 0.717) is 9.09 Å². The van der Waals surface area contributed by atoms with Gasteiger partial charge in [0, 0.05) is 0 Å². The van der Waals surface area contributed by atoms with Gasteiger partial charge in [-0.3, -0.25) is 5.41 Å². The molecule has 1 aromatic heterocycles. The van der Waals surface area contributed by atoms with Crippen LogP contribution in [0, 0.1) is 19.3 Å². The van der Waals surface area contributed by atoms with Crippen molar-refractivity contribution >= 4 is 54.7 Å². The number of aliphatic carboxylic acids is 1. The molecule has 0 aliphatic rings. The first-order valence-electron chi connectivity index (χ1n) is 12.1. The Balaban J connectivity index is 0.000000646. The summed E-state index contributed by atoms with van der Waals surface area (Å²) in [5.41, 5.74) is 9.40. The number of carboxylic acids is 1. The second kappa shape index (κ2) is 13.3. The number of halogens is 3. The molecule has 0 aliphatic heterocycles. The Hall–Kier alpha value is -3.66. The van der Waals surface area contributed by atoms with Gasteiger partial charge in [-0.15, -0.1) is 23.1 Å². The maximum atomic E-state index is 14.9.